The first-order chi connectivity index (χ1) is 13.9. The molecule has 0 saturated carbocycles. The minimum Gasteiger partial charge on any atom is -0.457 e. The smallest absolute Gasteiger partial charge is 0.268 e. The Morgan fingerprint density at radius 3 is 2.34 bits per heavy atom. The van der Waals surface area contributed by atoms with Crippen LogP contribution in [0.4, 0.5) is 0 Å². The highest BCUT2D eigenvalue weighted by atomic mass is 35.5. The van der Waals surface area contributed by atoms with Crippen LogP contribution >= 0.6 is 11.6 Å². The molecule has 0 saturated heterocycles. The molecular formula is C23H21ClN2O3. The lowest BCUT2D eigenvalue weighted by atomic mass is 10.2. The zero-order valence-corrected chi connectivity index (χ0v) is 16.9. The van der Waals surface area contributed by atoms with Gasteiger partial charge in [-0.1, -0.05) is 41.9 Å². The first-order valence-electron chi connectivity index (χ1n) is 9.17. The molecule has 0 atom stereocenters. The third-order valence-corrected chi connectivity index (χ3v) is 4.33. The van der Waals surface area contributed by atoms with E-state index in [1.807, 2.05) is 38.1 Å². The van der Waals surface area contributed by atoms with E-state index >= 15 is 0 Å². The number of carbonyl (C=O) groups excluding carboxylic acids is 2. The largest absolute Gasteiger partial charge is 0.457 e. The molecule has 0 fully saturated rings. The Labute approximate surface area is 174 Å². The van der Waals surface area contributed by atoms with Crippen LogP contribution in [0.1, 0.15) is 30.0 Å². The van der Waals surface area contributed by atoms with Crippen LogP contribution in [0.3, 0.4) is 0 Å². The van der Waals surface area contributed by atoms with Gasteiger partial charge in [0, 0.05) is 23.2 Å². The van der Waals surface area contributed by atoms with Crippen molar-refractivity contribution in [2.24, 2.45) is 0 Å². The van der Waals surface area contributed by atoms with E-state index in [1.54, 1.807) is 42.5 Å². The number of hydrogen-bond acceptors (Lipinski definition) is 3. The summed E-state index contributed by atoms with van der Waals surface area (Å²) in [5.41, 5.74) is 1.29. The average molecular weight is 409 g/mol. The molecule has 1 heterocycles. The second-order valence-corrected chi connectivity index (χ2v) is 7.10. The van der Waals surface area contributed by atoms with Crippen LogP contribution in [0.25, 0.3) is 17.4 Å². The molecule has 1 aromatic heterocycles. The zero-order valence-electron chi connectivity index (χ0n) is 16.1. The molecule has 148 valence electrons. The van der Waals surface area contributed by atoms with Gasteiger partial charge in [-0.15, -0.1) is 0 Å². The molecule has 5 nitrogen and oxygen atoms in total. The summed E-state index contributed by atoms with van der Waals surface area (Å²) in [5.74, 6) is 0.204. The van der Waals surface area contributed by atoms with Crippen LogP contribution in [0, 0.1) is 0 Å². The van der Waals surface area contributed by atoms with Gasteiger partial charge in [0.2, 0.25) is 0 Å². The minimum atomic E-state index is -0.403. The summed E-state index contributed by atoms with van der Waals surface area (Å²) in [5, 5.41) is 6.02. The summed E-state index contributed by atoms with van der Waals surface area (Å²) < 4.78 is 5.83. The summed E-state index contributed by atoms with van der Waals surface area (Å²) in [7, 11) is 0. The van der Waals surface area contributed by atoms with E-state index in [0.29, 0.717) is 22.1 Å². The Kier molecular flexibility index (Phi) is 6.52. The molecule has 2 aromatic carbocycles. The number of nitrogens with one attached hydrogen (secondary N) is 2. The molecule has 0 spiro atoms. The molecule has 0 bridgehead atoms. The molecule has 0 radical (unpaired) electrons. The Morgan fingerprint density at radius 1 is 0.966 bits per heavy atom. The number of furan rings is 1. The molecule has 0 aliphatic carbocycles. The fourth-order valence-corrected chi connectivity index (χ4v) is 2.89. The quantitative estimate of drug-likeness (QED) is 0.570. The van der Waals surface area contributed by atoms with Crippen molar-refractivity contribution in [2.75, 3.05) is 0 Å². The zero-order chi connectivity index (χ0) is 20.8. The number of halogens is 1. The molecule has 6 heteroatoms. The number of hydrogen-bond donors (Lipinski definition) is 2. The summed E-state index contributed by atoms with van der Waals surface area (Å²) in [6, 6.07) is 19.4. The van der Waals surface area contributed by atoms with E-state index in [1.165, 1.54) is 6.08 Å². The Morgan fingerprint density at radius 2 is 1.66 bits per heavy atom. The van der Waals surface area contributed by atoms with Crippen molar-refractivity contribution >= 4 is 29.5 Å². The van der Waals surface area contributed by atoms with Crippen LogP contribution in [-0.2, 0) is 4.79 Å². The van der Waals surface area contributed by atoms with E-state index in [2.05, 4.69) is 10.6 Å². The van der Waals surface area contributed by atoms with Gasteiger partial charge in [0.25, 0.3) is 11.8 Å². The van der Waals surface area contributed by atoms with Crippen molar-refractivity contribution in [1.29, 1.82) is 0 Å². The van der Waals surface area contributed by atoms with Gasteiger partial charge in [-0.2, -0.15) is 0 Å². The van der Waals surface area contributed by atoms with Gasteiger partial charge in [-0.05, 0) is 50.2 Å². The van der Waals surface area contributed by atoms with Gasteiger partial charge in [-0.3, -0.25) is 9.59 Å². The highest BCUT2D eigenvalue weighted by Gasteiger charge is 2.16. The molecule has 0 unspecified atom stereocenters. The van der Waals surface area contributed by atoms with Crippen molar-refractivity contribution in [3.63, 3.8) is 0 Å². The van der Waals surface area contributed by atoms with Gasteiger partial charge < -0.3 is 15.1 Å². The summed E-state index contributed by atoms with van der Waals surface area (Å²) >= 11 is 6.22. The van der Waals surface area contributed by atoms with Crippen molar-refractivity contribution in [3.8, 4) is 11.3 Å². The third kappa shape index (κ3) is 5.36. The fraction of sp³-hybridized carbons (Fsp3) is 0.130. The molecule has 0 aliphatic heterocycles. The fourth-order valence-electron chi connectivity index (χ4n) is 2.66. The topological polar surface area (TPSA) is 71.3 Å². The highest BCUT2D eigenvalue weighted by Crippen LogP contribution is 2.29. The number of amides is 2. The van der Waals surface area contributed by atoms with E-state index in [0.717, 1.165) is 5.56 Å². The van der Waals surface area contributed by atoms with Crippen molar-refractivity contribution in [1.82, 2.24) is 10.6 Å². The van der Waals surface area contributed by atoms with Crippen molar-refractivity contribution in [2.45, 2.75) is 19.9 Å². The summed E-state index contributed by atoms with van der Waals surface area (Å²) in [6.07, 6.45) is 1.50. The van der Waals surface area contributed by atoms with Gasteiger partial charge in [0.15, 0.2) is 0 Å². The monoisotopic (exact) mass is 408 g/mol. The average Bonchev–Trinajstić information content (AvgIpc) is 3.16. The van der Waals surface area contributed by atoms with E-state index in [9.17, 15) is 9.59 Å². The molecule has 2 amide bonds. The van der Waals surface area contributed by atoms with Gasteiger partial charge in [-0.25, -0.2) is 0 Å². The summed E-state index contributed by atoms with van der Waals surface area (Å²) in [6.45, 7) is 3.69. The van der Waals surface area contributed by atoms with Gasteiger partial charge in [0.1, 0.15) is 17.2 Å². The Hall–Kier alpha value is -3.31. The molecular weight excluding hydrogens is 388 g/mol. The molecule has 3 aromatic rings. The molecule has 29 heavy (non-hydrogen) atoms. The van der Waals surface area contributed by atoms with E-state index < -0.39 is 5.91 Å². The van der Waals surface area contributed by atoms with Crippen LogP contribution < -0.4 is 10.6 Å². The van der Waals surface area contributed by atoms with Crippen molar-refractivity contribution < 1.29 is 14.0 Å². The molecule has 2 N–H and O–H groups in total. The second kappa shape index (κ2) is 9.26. The maximum atomic E-state index is 12.6. The van der Waals surface area contributed by atoms with Crippen LogP contribution in [-0.4, -0.2) is 17.9 Å². The molecule has 0 aliphatic rings. The predicted octanol–water partition coefficient (Wildman–Crippen LogP) is 4.90. The predicted molar refractivity (Wildman–Crippen MR) is 114 cm³/mol. The SMILES string of the molecule is CC(C)NC(=O)/C(=C\c1ccc(-c2ccccc2Cl)o1)NC(=O)c1ccccc1. The lowest BCUT2D eigenvalue weighted by molar-refractivity contribution is -0.118. The van der Waals surface area contributed by atoms with E-state index in [-0.39, 0.29) is 17.6 Å². The normalized spacial score (nSPS) is 11.4. The third-order valence-electron chi connectivity index (χ3n) is 4.00. The van der Waals surface area contributed by atoms with Gasteiger partial charge >= 0.3 is 0 Å². The number of benzene rings is 2. The maximum absolute atomic E-state index is 12.6. The lowest BCUT2D eigenvalue weighted by Crippen LogP contribution is -2.38. The number of carbonyl (C=O) groups is 2. The van der Waals surface area contributed by atoms with Crippen LogP contribution in [0.2, 0.25) is 5.02 Å². The first kappa shape index (κ1) is 20.4. The standard InChI is InChI=1S/C23H21ClN2O3/c1-15(2)25-23(28)20(26-22(27)16-8-4-3-5-9-16)14-17-12-13-21(29-17)18-10-6-7-11-19(18)24/h3-15H,1-2H3,(H,25,28)(H,26,27)/b20-14+. The van der Waals surface area contributed by atoms with Crippen molar-refractivity contribution in [3.05, 3.63) is 88.8 Å². The number of rotatable bonds is 6. The summed E-state index contributed by atoms with van der Waals surface area (Å²) in [4.78, 5) is 25.1. The molecule has 3 rings (SSSR count). The Bertz CT molecular complexity index is 1040. The maximum Gasteiger partial charge on any atom is 0.268 e. The Balaban J connectivity index is 1.89. The van der Waals surface area contributed by atoms with E-state index in [4.69, 9.17) is 16.0 Å². The van der Waals surface area contributed by atoms with Crippen LogP contribution in [0.5, 0.6) is 0 Å². The first-order valence-corrected chi connectivity index (χ1v) is 9.55. The van der Waals surface area contributed by atoms with Crippen LogP contribution in [0.15, 0.2) is 76.8 Å². The second-order valence-electron chi connectivity index (χ2n) is 6.69. The van der Waals surface area contributed by atoms with Gasteiger partial charge in [0.05, 0.1) is 5.02 Å². The minimum absolute atomic E-state index is 0.0881. The highest BCUT2D eigenvalue weighted by molar-refractivity contribution is 6.33. The lowest BCUT2D eigenvalue weighted by Gasteiger charge is -2.12.